The summed E-state index contributed by atoms with van der Waals surface area (Å²) in [6.07, 6.45) is 3.12. The van der Waals surface area contributed by atoms with Gasteiger partial charge in [-0.05, 0) is 33.6 Å². The Morgan fingerprint density at radius 2 is 1.53 bits per heavy atom. The van der Waals surface area contributed by atoms with Gasteiger partial charge >= 0.3 is 11.9 Å². The normalized spacial score (nSPS) is 18.1. The van der Waals surface area contributed by atoms with Crippen molar-refractivity contribution in [1.82, 2.24) is 0 Å². The molecule has 0 saturated heterocycles. The Morgan fingerprint density at radius 1 is 1.11 bits per heavy atom. The largest absolute Gasteiger partial charge is 0.465 e. The quantitative estimate of drug-likeness (QED) is 0.589. The second kappa shape index (κ2) is 6.37. The number of rotatable bonds is 6. The van der Waals surface area contributed by atoms with E-state index in [1.54, 1.807) is 13.8 Å². The van der Waals surface area contributed by atoms with Gasteiger partial charge in [-0.1, -0.05) is 12.8 Å². The molecular formula is C14H24O5. The van der Waals surface area contributed by atoms with E-state index in [1.165, 1.54) is 6.92 Å². The van der Waals surface area contributed by atoms with Crippen molar-refractivity contribution in [3.05, 3.63) is 0 Å². The molecule has 5 heteroatoms. The zero-order chi connectivity index (χ0) is 14.5. The smallest absolute Gasteiger partial charge is 0.323 e. The van der Waals surface area contributed by atoms with Crippen LogP contribution >= 0.6 is 0 Å². The molecule has 0 aromatic carbocycles. The highest BCUT2D eigenvalue weighted by atomic mass is 16.6. The van der Waals surface area contributed by atoms with Crippen molar-refractivity contribution < 1.29 is 24.2 Å². The van der Waals surface area contributed by atoms with Crippen LogP contribution in [-0.4, -0.2) is 35.9 Å². The summed E-state index contributed by atoms with van der Waals surface area (Å²) >= 11 is 0. The fourth-order valence-electron chi connectivity index (χ4n) is 2.68. The minimum atomic E-state index is -1.43. The first-order valence-corrected chi connectivity index (χ1v) is 6.95. The highest BCUT2D eigenvalue weighted by molar-refractivity contribution is 5.99. The van der Waals surface area contributed by atoms with Crippen LogP contribution in [0.3, 0.4) is 0 Å². The second-order valence-electron chi connectivity index (χ2n) is 5.38. The lowest BCUT2D eigenvalue weighted by Gasteiger charge is -2.32. The molecule has 0 radical (unpaired) electrons. The number of esters is 2. The Kier molecular flexibility index (Phi) is 5.35. The number of carbonyl (C=O) groups is 2. The van der Waals surface area contributed by atoms with Gasteiger partial charge in [0.2, 0.25) is 0 Å². The van der Waals surface area contributed by atoms with Gasteiger partial charge in [0.15, 0.2) is 5.41 Å². The molecule has 1 fully saturated rings. The maximum absolute atomic E-state index is 12.1. The van der Waals surface area contributed by atoms with E-state index in [9.17, 15) is 14.7 Å². The standard InChI is InChI=1S/C14H24O5/c1-4-18-11(15)13(3,12(16)19-5-2)10-14(17)8-6-7-9-14/h17H,4-10H2,1-3H3. The van der Waals surface area contributed by atoms with Crippen LogP contribution in [0.25, 0.3) is 0 Å². The third-order valence-corrected chi connectivity index (χ3v) is 3.67. The van der Waals surface area contributed by atoms with E-state index in [0.29, 0.717) is 12.8 Å². The fourth-order valence-corrected chi connectivity index (χ4v) is 2.68. The van der Waals surface area contributed by atoms with Gasteiger partial charge in [-0.15, -0.1) is 0 Å². The van der Waals surface area contributed by atoms with Crippen molar-refractivity contribution in [3.63, 3.8) is 0 Å². The highest BCUT2D eigenvalue weighted by Gasteiger charge is 2.50. The van der Waals surface area contributed by atoms with Gasteiger partial charge in [-0.25, -0.2) is 0 Å². The predicted octanol–water partition coefficient (Wildman–Crippen LogP) is 1.81. The molecule has 0 aromatic rings. The summed E-state index contributed by atoms with van der Waals surface area (Å²) in [6.45, 7) is 5.28. The lowest BCUT2D eigenvalue weighted by molar-refractivity contribution is -0.175. The van der Waals surface area contributed by atoms with Crippen molar-refractivity contribution in [2.24, 2.45) is 5.41 Å². The average molecular weight is 272 g/mol. The maximum atomic E-state index is 12.1. The molecule has 0 aliphatic heterocycles. The fraction of sp³-hybridized carbons (Fsp3) is 0.857. The van der Waals surface area contributed by atoms with Crippen LogP contribution < -0.4 is 0 Å². The van der Waals surface area contributed by atoms with E-state index in [2.05, 4.69) is 0 Å². The van der Waals surface area contributed by atoms with Crippen molar-refractivity contribution in [3.8, 4) is 0 Å². The first-order chi connectivity index (χ1) is 8.88. The zero-order valence-corrected chi connectivity index (χ0v) is 12.0. The number of hydrogen-bond donors (Lipinski definition) is 1. The van der Waals surface area contributed by atoms with Gasteiger partial charge < -0.3 is 14.6 Å². The molecule has 1 aliphatic rings. The monoisotopic (exact) mass is 272 g/mol. The first-order valence-electron chi connectivity index (χ1n) is 6.95. The molecule has 0 unspecified atom stereocenters. The number of ether oxygens (including phenoxy) is 2. The molecule has 0 aromatic heterocycles. The minimum absolute atomic E-state index is 0.0671. The summed E-state index contributed by atoms with van der Waals surface area (Å²) in [5, 5.41) is 10.4. The van der Waals surface area contributed by atoms with Crippen molar-refractivity contribution in [2.45, 2.75) is 58.5 Å². The Bertz CT molecular complexity index is 313. The zero-order valence-electron chi connectivity index (χ0n) is 12.0. The Labute approximate surface area is 114 Å². The van der Waals surface area contributed by atoms with Crippen LogP contribution in [0.5, 0.6) is 0 Å². The predicted molar refractivity (Wildman–Crippen MR) is 69.4 cm³/mol. The van der Waals surface area contributed by atoms with Crippen LogP contribution in [0.15, 0.2) is 0 Å². The Morgan fingerprint density at radius 3 is 1.89 bits per heavy atom. The lowest BCUT2D eigenvalue weighted by Crippen LogP contribution is -2.45. The molecule has 5 nitrogen and oxygen atoms in total. The minimum Gasteiger partial charge on any atom is -0.465 e. The Hall–Kier alpha value is -1.10. The molecule has 1 aliphatic carbocycles. The van der Waals surface area contributed by atoms with Gasteiger partial charge in [0.1, 0.15) is 0 Å². The number of carbonyl (C=O) groups excluding carboxylic acids is 2. The van der Waals surface area contributed by atoms with Crippen molar-refractivity contribution in [2.75, 3.05) is 13.2 Å². The van der Waals surface area contributed by atoms with E-state index in [0.717, 1.165) is 12.8 Å². The third-order valence-electron chi connectivity index (χ3n) is 3.67. The van der Waals surface area contributed by atoms with E-state index < -0.39 is 23.0 Å². The molecule has 0 spiro atoms. The molecule has 110 valence electrons. The third kappa shape index (κ3) is 3.69. The van der Waals surface area contributed by atoms with E-state index in [4.69, 9.17) is 9.47 Å². The summed E-state index contributed by atoms with van der Waals surface area (Å²) < 4.78 is 9.96. The van der Waals surface area contributed by atoms with Crippen molar-refractivity contribution >= 4 is 11.9 Å². The second-order valence-corrected chi connectivity index (χ2v) is 5.38. The molecule has 1 rings (SSSR count). The van der Waals surface area contributed by atoms with Crippen LogP contribution in [0.2, 0.25) is 0 Å². The lowest BCUT2D eigenvalue weighted by atomic mass is 9.77. The maximum Gasteiger partial charge on any atom is 0.323 e. The van der Waals surface area contributed by atoms with E-state index >= 15 is 0 Å². The summed E-state index contributed by atoms with van der Waals surface area (Å²) in [4.78, 5) is 24.2. The van der Waals surface area contributed by atoms with Gasteiger partial charge in [0.25, 0.3) is 0 Å². The SMILES string of the molecule is CCOC(=O)C(C)(CC1(O)CCCC1)C(=O)OCC. The Balaban J connectivity index is 2.90. The van der Waals surface area contributed by atoms with Gasteiger partial charge in [0.05, 0.1) is 18.8 Å². The van der Waals surface area contributed by atoms with Gasteiger partial charge in [-0.3, -0.25) is 9.59 Å². The summed E-state index contributed by atoms with van der Waals surface area (Å²) in [7, 11) is 0. The number of hydrogen-bond acceptors (Lipinski definition) is 5. The van der Waals surface area contributed by atoms with Gasteiger partial charge in [0, 0.05) is 6.42 Å². The van der Waals surface area contributed by atoms with Crippen LogP contribution in [0.4, 0.5) is 0 Å². The molecule has 0 amide bonds. The molecule has 0 heterocycles. The van der Waals surface area contributed by atoms with Gasteiger partial charge in [-0.2, -0.15) is 0 Å². The average Bonchev–Trinajstić information content (AvgIpc) is 2.76. The summed E-state index contributed by atoms with van der Waals surface area (Å²) in [5.41, 5.74) is -2.39. The highest BCUT2D eigenvalue weighted by Crippen LogP contribution is 2.40. The van der Waals surface area contributed by atoms with Crippen LogP contribution in [0, 0.1) is 5.41 Å². The molecule has 1 saturated carbocycles. The number of aliphatic hydroxyl groups is 1. The van der Waals surface area contributed by atoms with Crippen molar-refractivity contribution in [1.29, 1.82) is 0 Å². The summed E-state index contributed by atoms with van der Waals surface area (Å²) in [6, 6.07) is 0. The van der Waals surface area contributed by atoms with Crippen LogP contribution in [-0.2, 0) is 19.1 Å². The molecule has 0 atom stereocenters. The summed E-state index contributed by atoms with van der Waals surface area (Å²) in [5.74, 6) is -1.23. The molecule has 0 bridgehead atoms. The molecular weight excluding hydrogens is 248 g/mol. The van der Waals surface area contributed by atoms with E-state index in [-0.39, 0.29) is 19.6 Å². The van der Waals surface area contributed by atoms with Crippen LogP contribution in [0.1, 0.15) is 52.9 Å². The van der Waals surface area contributed by atoms with E-state index in [1.807, 2.05) is 0 Å². The topological polar surface area (TPSA) is 72.8 Å². The molecule has 1 N–H and O–H groups in total. The molecule has 19 heavy (non-hydrogen) atoms. The first kappa shape index (κ1) is 16.0.